The fourth-order valence-electron chi connectivity index (χ4n) is 3.93. The van der Waals surface area contributed by atoms with E-state index in [9.17, 15) is 14.4 Å². The number of carbonyl (C=O) groups is 3. The largest absolute Gasteiger partial charge is 0.344 e. The molecule has 2 N–H and O–H groups in total. The molecule has 1 aliphatic carbocycles. The second kappa shape index (κ2) is 6.90. The van der Waals surface area contributed by atoms with Crippen LogP contribution in [-0.4, -0.2) is 38.2 Å². The zero-order chi connectivity index (χ0) is 20.9. The van der Waals surface area contributed by atoms with Crippen LogP contribution in [0.5, 0.6) is 0 Å². The number of aromatic nitrogens is 2. The Kier molecular flexibility index (Phi) is 5.02. The molecular formula is C20H31N5O3. The molecule has 4 amide bonds. The first kappa shape index (κ1) is 20.4. The number of imide groups is 1. The van der Waals surface area contributed by atoms with E-state index in [0.717, 1.165) is 23.5 Å². The van der Waals surface area contributed by atoms with Crippen LogP contribution >= 0.6 is 0 Å². The molecule has 1 spiro atoms. The van der Waals surface area contributed by atoms with Crippen molar-refractivity contribution in [3.8, 4) is 0 Å². The Balaban J connectivity index is 1.80. The molecular weight excluding hydrogens is 358 g/mol. The van der Waals surface area contributed by atoms with Crippen molar-refractivity contribution in [2.45, 2.75) is 84.2 Å². The van der Waals surface area contributed by atoms with Gasteiger partial charge in [-0.3, -0.25) is 19.7 Å². The van der Waals surface area contributed by atoms with E-state index in [4.69, 9.17) is 0 Å². The second-order valence-electron chi connectivity index (χ2n) is 9.47. The fraction of sp³-hybridized carbons (Fsp3) is 0.700. The molecule has 3 rings (SSSR count). The van der Waals surface area contributed by atoms with Gasteiger partial charge in [0.1, 0.15) is 5.54 Å². The van der Waals surface area contributed by atoms with Crippen LogP contribution in [0.15, 0.2) is 6.07 Å². The average molecular weight is 390 g/mol. The van der Waals surface area contributed by atoms with Crippen molar-refractivity contribution in [3.05, 3.63) is 17.5 Å². The minimum absolute atomic E-state index is 0.178. The van der Waals surface area contributed by atoms with Crippen LogP contribution in [0.1, 0.15) is 89.3 Å². The molecule has 1 aromatic heterocycles. The van der Waals surface area contributed by atoms with E-state index < -0.39 is 17.5 Å². The molecule has 2 aliphatic rings. The molecule has 8 heteroatoms. The third-order valence-corrected chi connectivity index (χ3v) is 5.70. The van der Waals surface area contributed by atoms with Gasteiger partial charge in [0.2, 0.25) is 0 Å². The Morgan fingerprint density at radius 3 is 2.39 bits per heavy atom. The van der Waals surface area contributed by atoms with Crippen LogP contribution in [0.4, 0.5) is 4.79 Å². The highest BCUT2D eigenvalue weighted by molar-refractivity contribution is 6.09. The first-order valence-electron chi connectivity index (χ1n) is 10.0. The van der Waals surface area contributed by atoms with Crippen LogP contribution in [-0.2, 0) is 10.3 Å². The maximum absolute atomic E-state index is 12.9. The smallest absolute Gasteiger partial charge is 0.322 e. The summed E-state index contributed by atoms with van der Waals surface area (Å²) in [7, 11) is 0. The lowest BCUT2D eigenvalue weighted by Crippen LogP contribution is -2.51. The molecule has 0 aromatic carbocycles. The molecule has 0 radical (unpaired) electrons. The topological polar surface area (TPSA) is 96.3 Å². The van der Waals surface area contributed by atoms with Gasteiger partial charge in [-0.25, -0.2) is 4.79 Å². The predicted octanol–water partition coefficient (Wildman–Crippen LogP) is 2.91. The van der Waals surface area contributed by atoms with Gasteiger partial charge in [-0.15, -0.1) is 0 Å². The van der Waals surface area contributed by atoms with Crippen molar-refractivity contribution in [1.29, 1.82) is 0 Å². The number of nitrogens with zero attached hydrogens (tertiary/aromatic N) is 3. The first-order chi connectivity index (χ1) is 12.9. The molecule has 0 bridgehead atoms. The van der Waals surface area contributed by atoms with Gasteiger partial charge in [-0.1, -0.05) is 20.8 Å². The van der Waals surface area contributed by atoms with Crippen molar-refractivity contribution < 1.29 is 14.4 Å². The number of urea groups is 1. The summed E-state index contributed by atoms with van der Waals surface area (Å²) in [4.78, 5) is 38.1. The summed E-state index contributed by atoms with van der Waals surface area (Å²) in [5.74, 6) is -0.223. The molecule has 1 saturated heterocycles. The monoisotopic (exact) mass is 389 g/mol. The zero-order valence-electron chi connectivity index (χ0n) is 17.6. The van der Waals surface area contributed by atoms with Gasteiger partial charge in [0, 0.05) is 5.69 Å². The summed E-state index contributed by atoms with van der Waals surface area (Å²) in [6.45, 7) is 12.3. The van der Waals surface area contributed by atoms with Gasteiger partial charge in [0.15, 0.2) is 5.69 Å². The summed E-state index contributed by atoms with van der Waals surface area (Å²) in [5.41, 5.74) is 2.41. The summed E-state index contributed by atoms with van der Waals surface area (Å²) >= 11 is 0. The molecule has 154 valence electrons. The van der Waals surface area contributed by atoms with Gasteiger partial charge >= 0.3 is 6.03 Å². The fourth-order valence-corrected chi connectivity index (χ4v) is 3.93. The summed E-state index contributed by atoms with van der Waals surface area (Å²) < 4.78 is 1.82. The number of amides is 4. The van der Waals surface area contributed by atoms with Gasteiger partial charge in [-0.2, -0.15) is 10.1 Å². The number of nitrogens with one attached hydrogen (secondary N) is 2. The van der Waals surface area contributed by atoms with Crippen LogP contribution in [0, 0.1) is 5.92 Å². The third kappa shape index (κ3) is 3.52. The Bertz CT molecular complexity index is 797. The molecule has 2 fully saturated rings. The van der Waals surface area contributed by atoms with Crippen LogP contribution in [0.2, 0.25) is 0 Å². The SMILES string of the molecule is CC1CCC2(CC1)NC(=O)N(NC(=O)c1cc(C(C)C)n(C(C)(C)C)n1)C2=O. The lowest BCUT2D eigenvalue weighted by atomic mass is 9.77. The maximum atomic E-state index is 12.9. The van der Waals surface area contributed by atoms with Gasteiger partial charge in [-0.05, 0) is 64.4 Å². The van der Waals surface area contributed by atoms with Crippen LogP contribution in [0.25, 0.3) is 0 Å². The Labute approximate surface area is 166 Å². The molecule has 2 heterocycles. The minimum atomic E-state index is -0.884. The standard InChI is InChI=1S/C20H31N5O3/c1-12(2)15-11-14(22-25(15)19(4,5)6)16(26)23-24-17(27)20(21-18(24)28)9-7-13(3)8-10-20/h11-13H,7-10H2,1-6H3,(H,21,28)(H,23,26). The minimum Gasteiger partial charge on any atom is -0.322 e. The Morgan fingerprint density at radius 1 is 1.29 bits per heavy atom. The van der Waals surface area contributed by atoms with Crippen molar-refractivity contribution in [1.82, 2.24) is 25.5 Å². The van der Waals surface area contributed by atoms with E-state index in [0.29, 0.717) is 18.8 Å². The van der Waals surface area contributed by atoms with Crippen molar-refractivity contribution in [2.75, 3.05) is 0 Å². The quantitative estimate of drug-likeness (QED) is 0.777. The normalized spacial score (nSPS) is 25.5. The molecule has 8 nitrogen and oxygen atoms in total. The maximum Gasteiger partial charge on any atom is 0.344 e. The van der Waals surface area contributed by atoms with E-state index in [1.54, 1.807) is 6.07 Å². The van der Waals surface area contributed by atoms with Gasteiger partial charge in [0.05, 0.1) is 5.54 Å². The van der Waals surface area contributed by atoms with Crippen LogP contribution in [0.3, 0.4) is 0 Å². The first-order valence-corrected chi connectivity index (χ1v) is 10.0. The predicted molar refractivity (Wildman–Crippen MR) is 105 cm³/mol. The lowest BCUT2D eigenvalue weighted by Gasteiger charge is -2.33. The molecule has 1 saturated carbocycles. The van der Waals surface area contributed by atoms with Crippen LogP contribution < -0.4 is 10.7 Å². The van der Waals surface area contributed by atoms with Crippen molar-refractivity contribution in [3.63, 3.8) is 0 Å². The van der Waals surface area contributed by atoms with Gasteiger partial charge in [0.25, 0.3) is 11.8 Å². The zero-order valence-corrected chi connectivity index (χ0v) is 17.6. The summed E-state index contributed by atoms with van der Waals surface area (Å²) in [6, 6.07) is 1.15. The van der Waals surface area contributed by atoms with Crippen molar-refractivity contribution >= 4 is 17.8 Å². The van der Waals surface area contributed by atoms with E-state index >= 15 is 0 Å². The summed E-state index contributed by atoms with van der Waals surface area (Å²) in [6.07, 6.45) is 2.95. The molecule has 28 heavy (non-hydrogen) atoms. The molecule has 0 unspecified atom stereocenters. The number of carbonyl (C=O) groups excluding carboxylic acids is 3. The third-order valence-electron chi connectivity index (χ3n) is 5.70. The van der Waals surface area contributed by atoms with Gasteiger partial charge < -0.3 is 5.32 Å². The van der Waals surface area contributed by atoms with E-state index in [2.05, 4.69) is 22.8 Å². The highest BCUT2D eigenvalue weighted by Crippen LogP contribution is 2.35. The van der Waals surface area contributed by atoms with Crippen molar-refractivity contribution in [2.24, 2.45) is 5.92 Å². The van der Waals surface area contributed by atoms with E-state index in [-0.39, 0.29) is 23.1 Å². The number of hydrogen-bond acceptors (Lipinski definition) is 4. The number of hydrogen-bond donors (Lipinski definition) is 2. The molecule has 0 atom stereocenters. The Morgan fingerprint density at radius 2 is 1.89 bits per heavy atom. The molecule has 1 aromatic rings. The second-order valence-corrected chi connectivity index (χ2v) is 9.47. The number of rotatable bonds is 3. The van der Waals surface area contributed by atoms with E-state index in [1.165, 1.54) is 0 Å². The average Bonchev–Trinajstić information content (AvgIpc) is 3.14. The number of hydrazine groups is 1. The highest BCUT2D eigenvalue weighted by Gasteiger charge is 2.53. The Hall–Kier alpha value is -2.38. The molecule has 1 aliphatic heterocycles. The van der Waals surface area contributed by atoms with E-state index in [1.807, 2.05) is 39.3 Å². The lowest BCUT2D eigenvalue weighted by molar-refractivity contribution is -0.134. The summed E-state index contributed by atoms with van der Waals surface area (Å²) in [5, 5.41) is 8.07. The highest BCUT2D eigenvalue weighted by atomic mass is 16.2.